The fourth-order valence-electron chi connectivity index (χ4n) is 11.9. The molecule has 3 N–H and O–H groups in total. The monoisotopic (exact) mass is 1420 g/mol. The van der Waals surface area contributed by atoms with Crippen LogP contribution in [0.5, 0.6) is 0 Å². The maximum atomic E-state index is 13.1. The lowest BCUT2D eigenvalue weighted by molar-refractivity contribution is -0.161. The Morgan fingerprint density at radius 3 is 0.732 bits per heavy atom. The van der Waals surface area contributed by atoms with Crippen molar-refractivity contribution < 1.29 is 80.2 Å². The van der Waals surface area contributed by atoms with Crippen LogP contribution in [0.4, 0.5) is 0 Å². The second kappa shape index (κ2) is 67.2. The van der Waals surface area contributed by atoms with Crippen molar-refractivity contribution in [3.8, 4) is 0 Å². The van der Waals surface area contributed by atoms with Crippen molar-refractivity contribution >= 4 is 39.5 Å². The number of aliphatic hydroxyl groups is 1. The number of esters is 4. The number of carbonyl (C=O) groups excluding carboxylic acids is 4. The number of rotatable bonds is 75. The molecule has 19 heteroatoms. The Morgan fingerprint density at radius 1 is 0.289 bits per heavy atom. The summed E-state index contributed by atoms with van der Waals surface area (Å²) in [6.45, 7) is 14.2. The summed E-state index contributed by atoms with van der Waals surface area (Å²) in [6.07, 6.45) is 52.7. The van der Waals surface area contributed by atoms with Crippen LogP contribution in [0.25, 0.3) is 0 Å². The van der Waals surface area contributed by atoms with Gasteiger partial charge in [0.05, 0.1) is 26.4 Å². The average Bonchev–Trinajstić information content (AvgIpc) is 1.14. The minimum Gasteiger partial charge on any atom is -0.462 e. The van der Waals surface area contributed by atoms with Gasteiger partial charge in [0.1, 0.15) is 19.3 Å². The third-order valence-corrected chi connectivity index (χ3v) is 20.3. The van der Waals surface area contributed by atoms with Gasteiger partial charge in [0.15, 0.2) is 12.2 Å². The van der Waals surface area contributed by atoms with E-state index in [0.29, 0.717) is 25.7 Å². The Morgan fingerprint density at radius 2 is 0.495 bits per heavy atom. The fraction of sp³-hybridized carbons (Fsp3) is 0.949. The normalized spacial score (nSPS) is 14.4. The third-order valence-electron chi connectivity index (χ3n) is 18.4. The van der Waals surface area contributed by atoms with Gasteiger partial charge in [-0.3, -0.25) is 37.3 Å². The molecule has 0 aromatic heterocycles. The second-order valence-electron chi connectivity index (χ2n) is 29.8. The van der Waals surface area contributed by atoms with Crippen molar-refractivity contribution in [2.75, 3.05) is 39.6 Å². The number of hydrogen-bond donors (Lipinski definition) is 3. The summed E-state index contributed by atoms with van der Waals surface area (Å²) in [5.74, 6) is 0.963. The number of carbonyl (C=O) groups is 4. The number of phosphoric ester groups is 2. The summed E-state index contributed by atoms with van der Waals surface area (Å²) in [6, 6.07) is 0. The molecule has 0 bridgehead atoms. The molecule has 0 aromatic carbocycles. The summed E-state index contributed by atoms with van der Waals surface area (Å²) in [4.78, 5) is 72.9. The van der Waals surface area contributed by atoms with Gasteiger partial charge in [-0.05, 0) is 49.4 Å². The van der Waals surface area contributed by atoms with Gasteiger partial charge in [0.25, 0.3) is 0 Å². The van der Waals surface area contributed by atoms with E-state index in [2.05, 4.69) is 55.4 Å². The molecule has 0 aliphatic carbocycles. The quantitative estimate of drug-likeness (QED) is 0.0222. The average molecular weight is 1420 g/mol. The molecule has 0 amide bonds. The van der Waals surface area contributed by atoms with Crippen LogP contribution in [-0.2, 0) is 65.4 Å². The van der Waals surface area contributed by atoms with E-state index in [-0.39, 0.29) is 25.7 Å². The first-order valence-electron chi connectivity index (χ1n) is 40.2. The number of unbranched alkanes of at least 4 members (excludes halogenated alkanes) is 40. The Kier molecular flexibility index (Phi) is 65.9. The first-order chi connectivity index (χ1) is 46.6. The molecule has 0 spiro atoms. The molecule has 0 heterocycles. The molecule has 0 aliphatic heterocycles. The lowest BCUT2D eigenvalue weighted by atomic mass is 10.00. The lowest BCUT2D eigenvalue weighted by Gasteiger charge is -2.21. The van der Waals surface area contributed by atoms with E-state index in [9.17, 15) is 43.2 Å². The van der Waals surface area contributed by atoms with Crippen LogP contribution in [0.2, 0.25) is 0 Å². The van der Waals surface area contributed by atoms with E-state index in [0.717, 1.165) is 120 Å². The minimum absolute atomic E-state index is 0.106. The van der Waals surface area contributed by atoms with Crippen LogP contribution in [0, 0.1) is 23.7 Å². The minimum atomic E-state index is -4.96. The van der Waals surface area contributed by atoms with Gasteiger partial charge >= 0.3 is 39.5 Å². The Bertz CT molecular complexity index is 1900. The van der Waals surface area contributed by atoms with E-state index in [1.807, 2.05) is 0 Å². The molecule has 0 saturated heterocycles. The maximum Gasteiger partial charge on any atom is 0.472 e. The molecule has 3 unspecified atom stereocenters. The molecule has 6 atom stereocenters. The molecule has 0 aliphatic rings. The van der Waals surface area contributed by atoms with Crippen molar-refractivity contribution in [2.45, 2.75) is 414 Å². The lowest BCUT2D eigenvalue weighted by Crippen LogP contribution is -2.30. The van der Waals surface area contributed by atoms with Gasteiger partial charge in [-0.2, -0.15) is 0 Å². The SMILES string of the molecule is CCC(C)CCCCCCCCC(=O)OC[C@H](COP(=O)(O)OC[C@H](O)COP(=O)(O)OC[C@@H](COC(=O)CCCCCCCCCCCCCC(C)C)OC(=O)CCCCCCCCCCCCCCCCCC(C)C)OC(=O)CCCCCCCCCCCCCCC(C)C. The van der Waals surface area contributed by atoms with Crippen LogP contribution in [0.1, 0.15) is 396 Å². The molecular weight excluding hydrogens is 1270 g/mol. The smallest absolute Gasteiger partial charge is 0.462 e. The van der Waals surface area contributed by atoms with Gasteiger partial charge in [-0.25, -0.2) is 9.13 Å². The van der Waals surface area contributed by atoms with Gasteiger partial charge in [-0.15, -0.1) is 0 Å². The largest absolute Gasteiger partial charge is 0.472 e. The van der Waals surface area contributed by atoms with Crippen LogP contribution in [-0.4, -0.2) is 96.7 Å². The number of hydrogen-bond acceptors (Lipinski definition) is 15. The molecule has 0 rings (SSSR count). The van der Waals surface area contributed by atoms with E-state index in [1.165, 1.54) is 193 Å². The summed E-state index contributed by atoms with van der Waals surface area (Å²) in [5, 5.41) is 10.6. The van der Waals surface area contributed by atoms with Crippen LogP contribution in [0.15, 0.2) is 0 Å². The first kappa shape index (κ1) is 95.1. The maximum absolute atomic E-state index is 13.1. The van der Waals surface area contributed by atoms with Crippen molar-refractivity contribution in [1.29, 1.82) is 0 Å². The van der Waals surface area contributed by atoms with Crippen molar-refractivity contribution in [2.24, 2.45) is 23.7 Å². The van der Waals surface area contributed by atoms with Crippen LogP contribution in [0.3, 0.4) is 0 Å². The van der Waals surface area contributed by atoms with E-state index >= 15 is 0 Å². The molecule has 17 nitrogen and oxygen atoms in total. The molecule has 576 valence electrons. The highest BCUT2D eigenvalue weighted by atomic mass is 31.2. The van der Waals surface area contributed by atoms with E-state index in [4.69, 9.17) is 37.0 Å². The van der Waals surface area contributed by atoms with E-state index in [1.54, 1.807) is 0 Å². The third kappa shape index (κ3) is 70.9. The molecule has 0 fully saturated rings. The zero-order chi connectivity index (χ0) is 71.7. The highest BCUT2D eigenvalue weighted by molar-refractivity contribution is 7.47. The highest BCUT2D eigenvalue weighted by Gasteiger charge is 2.30. The number of ether oxygens (including phenoxy) is 4. The van der Waals surface area contributed by atoms with Crippen LogP contribution >= 0.6 is 15.6 Å². The zero-order valence-corrected chi connectivity index (χ0v) is 65.5. The van der Waals surface area contributed by atoms with Gasteiger partial charge in [0.2, 0.25) is 0 Å². The molecule has 0 aromatic rings. The van der Waals surface area contributed by atoms with Crippen molar-refractivity contribution in [3.63, 3.8) is 0 Å². The standard InChI is InChI=1S/C78H152O17P2/c1-9-71(8)57-49-41-36-37-43-51-59-76(81)89-65-74(95-78(83)61-53-45-35-29-22-16-15-19-25-31-39-47-55-69(4)5)67-93-97(86,87)91-63-72(79)62-90-96(84,85)92-66-73(64-88-75(80)58-50-42-33-27-23-17-20-26-32-40-48-56-70(6)7)94-77(82)60-52-44-34-28-21-14-12-10-11-13-18-24-30-38-46-54-68(2)3/h68-74,79H,9-67H2,1-8H3,(H,84,85)(H,86,87)/t71?,72-,73-,74-/m1/s1. The van der Waals surface area contributed by atoms with Crippen molar-refractivity contribution in [1.82, 2.24) is 0 Å². The summed E-state index contributed by atoms with van der Waals surface area (Å²) >= 11 is 0. The number of aliphatic hydroxyl groups excluding tert-OH is 1. The molecule has 97 heavy (non-hydrogen) atoms. The number of phosphoric acid groups is 2. The zero-order valence-electron chi connectivity index (χ0n) is 63.7. The Balaban J connectivity index is 5.25. The van der Waals surface area contributed by atoms with Gasteiger partial charge in [-0.1, -0.05) is 344 Å². The summed E-state index contributed by atoms with van der Waals surface area (Å²) in [5.41, 5.74) is 0. The van der Waals surface area contributed by atoms with Gasteiger partial charge in [0, 0.05) is 25.7 Å². The van der Waals surface area contributed by atoms with E-state index < -0.39 is 97.5 Å². The molecular formula is C78H152O17P2. The predicted molar refractivity (Wildman–Crippen MR) is 395 cm³/mol. The van der Waals surface area contributed by atoms with Gasteiger partial charge < -0.3 is 33.8 Å². The summed E-state index contributed by atoms with van der Waals surface area (Å²) < 4.78 is 68.6. The van der Waals surface area contributed by atoms with Crippen molar-refractivity contribution in [3.05, 3.63) is 0 Å². The first-order valence-corrected chi connectivity index (χ1v) is 43.2. The topological polar surface area (TPSA) is 237 Å². The Labute approximate surface area is 594 Å². The predicted octanol–water partition coefficient (Wildman–Crippen LogP) is 22.8. The van der Waals surface area contributed by atoms with Crippen LogP contribution < -0.4 is 0 Å². The molecule has 0 radical (unpaired) electrons. The highest BCUT2D eigenvalue weighted by Crippen LogP contribution is 2.45. The fourth-order valence-corrected chi connectivity index (χ4v) is 13.5. The second-order valence-corrected chi connectivity index (χ2v) is 32.7. The Hall–Kier alpha value is -1.94. The summed E-state index contributed by atoms with van der Waals surface area (Å²) in [7, 11) is -9.92. The molecule has 0 saturated carbocycles.